The van der Waals surface area contributed by atoms with Crippen molar-refractivity contribution in [3.05, 3.63) is 47.4 Å². The van der Waals surface area contributed by atoms with E-state index in [1.54, 1.807) is 6.92 Å². The van der Waals surface area contributed by atoms with Crippen LogP contribution in [0.5, 0.6) is 0 Å². The molecule has 0 unspecified atom stereocenters. The summed E-state index contributed by atoms with van der Waals surface area (Å²) in [5, 5.41) is 9.16. The second-order valence-corrected chi connectivity index (χ2v) is 3.16. The molecule has 0 radical (unpaired) electrons. The quantitative estimate of drug-likeness (QED) is 0.663. The smallest absolute Gasteiger partial charge is 0.186 e. The Labute approximate surface area is 74.1 Å². The molecule has 0 aliphatic carbocycles. The SMILES string of the molecule is C[C+](C)c1ccc([C+](C)O)cc1. The number of hydrogen-bond donors (Lipinski definition) is 1. The summed E-state index contributed by atoms with van der Waals surface area (Å²) in [6, 6.07) is 7.89. The molecule has 0 aliphatic heterocycles. The highest BCUT2D eigenvalue weighted by molar-refractivity contribution is 5.34. The molecule has 0 atom stereocenters. The van der Waals surface area contributed by atoms with Crippen LogP contribution in [0, 0.1) is 12.0 Å². The lowest BCUT2D eigenvalue weighted by molar-refractivity contribution is 0.341. The van der Waals surface area contributed by atoms with Gasteiger partial charge < -0.3 is 5.11 Å². The second-order valence-electron chi connectivity index (χ2n) is 3.16. The van der Waals surface area contributed by atoms with Crippen molar-refractivity contribution in [3.63, 3.8) is 0 Å². The second kappa shape index (κ2) is 3.55. The Kier molecular flexibility index (Phi) is 2.66. The predicted molar refractivity (Wildman–Crippen MR) is 50.1 cm³/mol. The van der Waals surface area contributed by atoms with Gasteiger partial charge in [0.15, 0.2) is 17.2 Å². The van der Waals surface area contributed by atoms with Crippen LogP contribution in [0.3, 0.4) is 0 Å². The average molecular weight is 162 g/mol. The topological polar surface area (TPSA) is 20.2 Å². The molecular weight excluding hydrogens is 148 g/mol. The van der Waals surface area contributed by atoms with Crippen molar-refractivity contribution in [1.82, 2.24) is 0 Å². The van der Waals surface area contributed by atoms with E-state index in [9.17, 15) is 0 Å². The predicted octanol–water partition coefficient (Wildman–Crippen LogP) is 2.92. The van der Waals surface area contributed by atoms with Crippen LogP contribution in [-0.2, 0) is 0 Å². The van der Waals surface area contributed by atoms with Crippen molar-refractivity contribution in [3.8, 4) is 0 Å². The summed E-state index contributed by atoms with van der Waals surface area (Å²) in [6.45, 7) is 5.84. The van der Waals surface area contributed by atoms with Crippen molar-refractivity contribution >= 4 is 0 Å². The van der Waals surface area contributed by atoms with Crippen molar-refractivity contribution in [2.45, 2.75) is 20.8 Å². The number of rotatable bonds is 2. The first-order valence-corrected chi connectivity index (χ1v) is 4.04. The van der Waals surface area contributed by atoms with Crippen molar-refractivity contribution in [1.29, 1.82) is 0 Å². The lowest BCUT2D eigenvalue weighted by atomic mass is 10.0. The van der Waals surface area contributed by atoms with Gasteiger partial charge in [-0.15, -0.1) is 0 Å². The number of aliphatic hydroxyl groups is 1. The van der Waals surface area contributed by atoms with E-state index in [0.717, 1.165) is 5.56 Å². The first-order chi connectivity index (χ1) is 5.61. The minimum atomic E-state index is 0.371. The third-order valence-electron chi connectivity index (χ3n) is 1.88. The average Bonchev–Trinajstić information content (AvgIpc) is 2.04. The Hall–Kier alpha value is -1.08. The molecule has 0 heterocycles. The summed E-state index contributed by atoms with van der Waals surface area (Å²) in [4.78, 5) is 0. The molecule has 1 N–H and O–H groups in total. The minimum absolute atomic E-state index is 0.371. The maximum Gasteiger partial charge on any atom is 0.186 e. The van der Waals surface area contributed by atoms with Gasteiger partial charge in [0.05, 0.1) is 0 Å². The Bertz CT molecular complexity index is 207. The van der Waals surface area contributed by atoms with Crippen LogP contribution in [0.4, 0.5) is 0 Å². The summed E-state index contributed by atoms with van der Waals surface area (Å²) in [7, 11) is 0. The molecule has 0 amide bonds. The number of aliphatic hydroxyl groups excluding tert-OH is 1. The molecule has 0 fully saturated rings. The van der Waals surface area contributed by atoms with E-state index < -0.39 is 0 Å². The molecule has 1 nitrogen and oxygen atoms in total. The van der Waals surface area contributed by atoms with Crippen LogP contribution in [0.25, 0.3) is 0 Å². The fourth-order valence-electron chi connectivity index (χ4n) is 1.04. The van der Waals surface area contributed by atoms with Gasteiger partial charge in [-0.3, -0.25) is 0 Å². The third-order valence-corrected chi connectivity index (χ3v) is 1.88. The largest absolute Gasteiger partial charge is 0.303 e. The van der Waals surface area contributed by atoms with Gasteiger partial charge in [-0.2, -0.15) is 0 Å². The van der Waals surface area contributed by atoms with Crippen molar-refractivity contribution in [2.75, 3.05) is 0 Å². The van der Waals surface area contributed by atoms with Crippen molar-refractivity contribution in [2.24, 2.45) is 0 Å². The van der Waals surface area contributed by atoms with Crippen LogP contribution in [0.15, 0.2) is 24.3 Å². The summed E-state index contributed by atoms with van der Waals surface area (Å²) in [5.41, 5.74) is 2.11. The van der Waals surface area contributed by atoms with Crippen LogP contribution in [0.1, 0.15) is 31.9 Å². The van der Waals surface area contributed by atoms with Gasteiger partial charge in [0, 0.05) is 26.7 Å². The Morgan fingerprint density at radius 1 is 0.917 bits per heavy atom. The zero-order valence-corrected chi connectivity index (χ0v) is 7.76. The van der Waals surface area contributed by atoms with Crippen molar-refractivity contribution < 1.29 is 5.11 Å². The maximum absolute atomic E-state index is 9.16. The van der Waals surface area contributed by atoms with E-state index in [2.05, 4.69) is 13.8 Å². The minimum Gasteiger partial charge on any atom is -0.303 e. The summed E-state index contributed by atoms with van der Waals surface area (Å²) in [5.74, 6) is 1.29. The zero-order chi connectivity index (χ0) is 9.14. The van der Waals surface area contributed by atoms with E-state index in [1.165, 1.54) is 11.5 Å². The van der Waals surface area contributed by atoms with Gasteiger partial charge in [-0.1, -0.05) is 0 Å². The lowest BCUT2D eigenvalue weighted by Gasteiger charge is -1.94. The zero-order valence-electron chi connectivity index (χ0n) is 7.76. The molecule has 1 rings (SSSR count). The van der Waals surface area contributed by atoms with E-state index in [1.807, 2.05) is 24.3 Å². The van der Waals surface area contributed by atoms with Crippen LogP contribution in [0.2, 0.25) is 0 Å². The normalized spacial score (nSPS) is 9.67. The van der Waals surface area contributed by atoms with Crippen LogP contribution < -0.4 is 0 Å². The molecule has 0 aliphatic rings. The summed E-state index contributed by atoms with van der Waals surface area (Å²) >= 11 is 0. The highest BCUT2D eigenvalue weighted by Gasteiger charge is 2.15. The molecule has 1 aromatic carbocycles. The van der Waals surface area contributed by atoms with Gasteiger partial charge in [-0.25, -0.2) is 0 Å². The third kappa shape index (κ3) is 1.95. The first-order valence-electron chi connectivity index (χ1n) is 4.04. The number of benzene rings is 1. The summed E-state index contributed by atoms with van der Waals surface area (Å²) < 4.78 is 0. The Morgan fingerprint density at radius 2 is 1.33 bits per heavy atom. The molecule has 0 saturated heterocycles. The van der Waals surface area contributed by atoms with Gasteiger partial charge in [0.1, 0.15) is 24.3 Å². The van der Waals surface area contributed by atoms with E-state index >= 15 is 0 Å². The molecule has 0 spiro atoms. The fourth-order valence-corrected chi connectivity index (χ4v) is 1.04. The van der Waals surface area contributed by atoms with E-state index in [4.69, 9.17) is 5.11 Å². The molecular formula is C11H14O+2. The molecule has 0 saturated carbocycles. The monoisotopic (exact) mass is 162 g/mol. The van der Waals surface area contributed by atoms with Gasteiger partial charge in [0.2, 0.25) is 0 Å². The maximum atomic E-state index is 9.16. The van der Waals surface area contributed by atoms with Crippen LogP contribution >= 0.6 is 0 Å². The van der Waals surface area contributed by atoms with E-state index in [-0.39, 0.29) is 0 Å². The molecule has 0 bridgehead atoms. The number of hydrogen-bond acceptors (Lipinski definition) is 1. The van der Waals surface area contributed by atoms with Gasteiger partial charge >= 0.3 is 0 Å². The molecule has 1 heteroatoms. The Balaban J connectivity index is 2.86. The van der Waals surface area contributed by atoms with Gasteiger partial charge in [-0.05, 0) is 0 Å². The molecule has 0 aromatic heterocycles. The van der Waals surface area contributed by atoms with E-state index in [0.29, 0.717) is 6.10 Å². The molecule has 62 valence electrons. The van der Waals surface area contributed by atoms with Crippen LogP contribution in [-0.4, -0.2) is 5.11 Å². The standard InChI is InChI=1S/C11H14O/c1-8(2)10-4-6-11(7-5-10)9(3)12/h4-7,12H,1-3H3/q+2. The van der Waals surface area contributed by atoms with Gasteiger partial charge in [0.25, 0.3) is 0 Å². The molecule has 12 heavy (non-hydrogen) atoms. The summed E-state index contributed by atoms with van der Waals surface area (Å²) in [6.07, 6.45) is 0.371. The Morgan fingerprint density at radius 3 is 1.67 bits per heavy atom. The highest BCUT2D eigenvalue weighted by atomic mass is 16.3. The highest BCUT2D eigenvalue weighted by Crippen LogP contribution is 2.16. The first kappa shape index (κ1) is 9.01. The fraction of sp³-hybridized carbons (Fsp3) is 0.273. The lowest BCUT2D eigenvalue weighted by Crippen LogP contribution is -1.93. The molecule has 1 aromatic rings.